The van der Waals surface area contributed by atoms with Gasteiger partial charge in [0, 0.05) is 17.7 Å². The van der Waals surface area contributed by atoms with Crippen molar-refractivity contribution in [3.63, 3.8) is 0 Å². The minimum atomic E-state index is -0.554. The molecule has 19 heavy (non-hydrogen) atoms. The van der Waals surface area contributed by atoms with Crippen LogP contribution < -0.4 is 11.1 Å². The van der Waals surface area contributed by atoms with Crippen LogP contribution in [0.2, 0.25) is 0 Å². The second-order valence-corrected chi connectivity index (χ2v) is 4.98. The fourth-order valence-corrected chi connectivity index (χ4v) is 2.68. The molecule has 1 aliphatic heterocycles. The molecule has 1 aromatic carbocycles. The zero-order chi connectivity index (χ0) is 13.6. The van der Waals surface area contributed by atoms with Crippen molar-refractivity contribution in [1.29, 1.82) is 0 Å². The second kappa shape index (κ2) is 4.12. The van der Waals surface area contributed by atoms with E-state index in [0.717, 1.165) is 35.6 Å². The highest BCUT2D eigenvalue weighted by Gasteiger charge is 2.25. The zero-order valence-electron chi connectivity index (χ0n) is 11.0. The van der Waals surface area contributed by atoms with Gasteiger partial charge in [0.05, 0.1) is 5.69 Å². The van der Waals surface area contributed by atoms with Gasteiger partial charge in [0.25, 0.3) is 0 Å². The van der Waals surface area contributed by atoms with Crippen LogP contribution in [0.25, 0.3) is 11.3 Å². The third-order valence-electron chi connectivity index (χ3n) is 3.35. The van der Waals surface area contributed by atoms with Gasteiger partial charge in [-0.15, -0.1) is 0 Å². The third-order valence-corrected chi connectivity index (χ3v) is 3.35. The van der Waals surface area contributed by atoms with Crippen molar-refractivity contribution in [1.82, 2.24) is 9.78 Å². The molecule has 3 N–H and O–H groups in total. The molecule has 5 nitrogen and oxygen atoms in total. The van der Waals surface area contributed by atoms with E-state index in [-0.39, 0.29) is 0 Å². The molecule has 0 aliphatic carbocycles. The molecule has 3 rings (SSSR count). The van der Waals surface area contributed by atoms with Gasteiger partial charge in [0.1, 0.15) is 5.82 Å². The Bertz CT molecular complexity index is 652. The maximum atomic E-state index is 11.4. The molecule has 2 aromatic rings. The number of aryl methyl sites for hydroxylation is 2. The maximum Gasteiger partial charge on any atom is 0.341 e. The predicted octanol–water partition coefficient (Wildman–Crippen LogP) is 2.06. The first-order valence-corrected chi connectivity index (χ1v) is 6.30. The third kappa shape index (κ3) is 1.87. The van der Waals surface area contributed by atoms with Crippen molar-refractivity contribution in [2.45, 2.75) is 20.3 Å². The number of carbonyl (C=O) groups is 1. The van der Waals surface area contributed by atoms with Crippen LogP contribution in [0.3, 0.4) is 0 Å². The Morgan fingerprint density at radius 3 is 2.63 bits per heavy atom. The fraction of sp³-hybridized carbons (Fsp3) is 0.286. The van der Waals surface area contributed by atoms with E-state index in [2.05, 4.69) is 42.5 Å². The van der Waals surface area contributed by atoms with E-state index in [4.69, 9.17) is 5.73 Å². The largest absolute Gasteiger partial charge is 0.369 e. The number of amides is 1. The van der Waals surface area contributed by atoms with Crippen molar-refractivity contribution in [3.8, 4) is 11.3 Å². The molecule has 0 unspecified atom stereocenters. The molecule has 0 saturated heterocycles. The van der Waals surface area contributed by atoms with Crippen LogP contribution in [0.1, 0.15) is 16.7 Å². The summed E-state index contributed by atoms with van der Waals surface area (Å²) in [6.07, 6.45) is 0.866. The van der Waals surface area contributed by atoms with Gasteiger partial charge in [0.2, 0.25) is 0 Å². The molecule has 0 radical (unpaired) electrons. The van der Waals surface area contributed by atoms with Crippen LogP contribution in [0.5, 0.6) is 0 Å². The highest BCUT2D eigenvalue weighted by molar-refractivity contribution is 5.83. The molecule has 0 spiro atoms. The molecular formula is C14H16N4O. The summed E-state index contributed by atoms with van der Waals surface area (Å²) in [5.74, 6) is 0.738. The Morgan fingerprint density at radius 2 is 2.00 bits per heavy atom. The van der Waals surface area contributed by atoms with E-state index in [0.29, 0.717) is 0 Å². The summed E-state index contributed by atoms with van der Waals surface area (Å²) >= 11 is 0. The van der Waals surface area contributed by atoms with Crippen LogP contribution in [0.4, 0.5) is 10.6 Å². The molecule has 1 aliphatic rings. The monoisotopic (exact) mass is 256 g/mol. The van der Waals surface area contributed by atoms with Crippen LogP contribution in [-0.2, 0) is 6.42 Å². The molecular weight excluding hydrogens is 240 g/mol. The molecule has 2 heterocycles. The lowest BCUT2D eigenvalue weighted by atomic mass is 10.0. The quantitative estimate of drug-likeness (QED) is 0.820. The Hall–Kier alpha value is -2.30. The Labute approximate surface area is 111 Å². The number of fused-ring (bicyclic) bond motifs is 1. The number of nitrogens with zero attached hydrogens (tertiary/aromatic N) is 2. The van der Waals surface area contributed by atoms with Crippen LogP contribution in [-0.4, -0.2) is 22.4 Å². The summed E-state index contributed by atoms with van der Waals surface area (Å²) in [4.78, 5) is 11.4. The van der Waals surface area contributed by atoms with Gasteiger partial charge in [-0.3, -0.25) is 0 Å². The highest BCUT2D eigenvalue weighted by Crippen LogP contribution is 2.33. The number of hydrogen-bond acceptors (Lipinski definition) is 3. The van der Waals surface area contributed by atoms with E-state index in [1.165, 1.54) is 15.8 Å². The predicted molar refractivity (Wildman–Crippen MR) is 74.3 cm³/mol. The molecule has 0 atom stereocenters. The van der Waals surface area contributed by atoms with E-state index in [1.807, 2.05) is 0 Å². The molecule has 0 saturated carbocycles. The Kier molecular flexibility index (Phi) is 2.55. The van der Waals surface area contributed by atoms with Crippen molar-refractivity contribution in [2.75, 3.05) is 11.9 Å². The van der Waals surface area contributed by atoms with Gasteiger partial charge in [0.15, 0.2) is 0 Å². The van der Waals surface area contributed by atoms with Crippen LogP contribution in [0.15, 0.2) is 18.2 Å². The molecule has 0 fully saturated rings. The van der Waals surface area contributed by atoms with E-state index < -0.39 is 6.03 Å². The number of rotatable bonds is 1. The first-order chi connectivity index (χ1) is 9.06. The van der Waals surface area contributed by atoms with Gasteiger partial charge < -0.3 is 11.1 Å². The summed E-state index contributed by atoms with van der Waals surface area (Å²) in [5.41, 5.74) is 10.7. The van der Waals surface area contributed by atoms with Crippen LogP contribution >= 0.6 is 0 Å². The minimum Gasteiger partial charge on any atom is -0.369 e. The number of primary amides is 1. The number of carbonyl (C=O) groups excluding carboxylic acids is 1. The number of benzene rings is 1. The number of nitrogens with two attached hydrogens (primary N) is 1. The van der Waals surface area contributed by atoms with Crippen molar-refractivity contribution < 1.29 is 4.79 Å². The fourth-order valence-electron chi connectivity index (χ4n) is 2.68. The first kappa shape index (κ1) is 11.8. The lowest BCUT2D eigenvalue weighted by Crippen LogP contribution is -2.22. The Balaban J connectivity index is 2.20. The van der Waals surface area contributed by atoms with E-state index >= 15 is 0 Å². The summed E-state index contributed by atoms with van der Waals surface area (Å²) in [6.45, 7) is 4.93. The van der Waals surface area contributed by atoms with Gasteiger partial charge in [-0.05, 0) is 32.4 Å². The Morgan fingerprint density at radius 1 is 1.32 bits per heavy atom. The normalized spacial score (nSPS) is 13.2. The first-order valence-electron chi connectivity index (χ1n) is 6.30. The summed E-state index contributed by atoms with van der Waals surface area (Å²) in [6, 6.07) is 5.73. The number of hydrogen-bond donors (Lipinski definition) is 2. The van der Waals surface area contributed by atoms with Gasteiger partial charge >= 0.3 is 6.03 Å². The lowest BCUT2D eigenvalue weighted by molar-refractivity contribution is 0.248. The van der Waals surface area contributed by atoms with Crippen molar-refractivity contribution >= 4 is 11.8 Å². The summed E-state index contributed by atoms with van der Waals surface area (Å²) in [5, 5.41) is 7.53. The van der Waals surface area contributed by atoms with Gasteiger partial charge in [-0.2, -0.15) is 9.78 Å². The maximum absolute atomic E-state index is 11.4. The van der Waals surface area contributed by atoms with Gasteiger partial charge in [-0.1, -0.05) is 17.2 Å². The molecule has 1 aromatic heterocycles. The topological polar surface area (TPSA) is 72.9 Å². The lowest BCUT2D eigenvalue weighted by Gasteiger charge is -2.03. The van der Waals surface area contributed by atoms with E-state index in [1.54, 1.807) is 0 Å². The average molecular weight is 256 g/mol. The minimum absolute atomic E-state index is 0.554. The van der Waals surface area contributed by atoms with Crippen LogP contribution in [0, 0.1) is 13.8 Å². The molecule has 98 valence electrons. The highest BCUT2D eigenvalue weighted by atomic mass is 16.2. The average Bonchev–Trinajstić information content (AvgIpc) is 2.86. The zero-order valence-corrected chi connectivity index (χ0v) is 11.0. The second-order valence-electron chi connectivity index (χ2n) is 4.98. The standard InChI is InChI=1S/C14H16N4O/c1-8-5-9(2)7-10(6-8)12-11-3-4-16-13(11)18(17-12)14(15)19/h5-7,16H,3-4H2,1-2H3,(H2,15,19). The van der Waals surface area contributed by atoms with Crippen molar-refractivity contribution in [2.24, 2.45) is 5.73 Å². The van der Waals surface area contributed by atoms with E-state index in [9.17, 15) is 4.79 Å². The van der Waals surface area contributed by atoms with Crippen molar-refractivity contribution in [3.05, 3.63) is 34.9 Å². The number of aromatic nitrogens is 2. The van der Waals surface area contributed by atoms with Gasteiger partial charge in [-0.25, -0.2) is 4.79 Å². The summed E-state index contributed by atoms with van der Waals surface area (Å²) < 4.78 is 1.26. The SMILES string of the molecule is Cc1cc(C)cc(-c2nn(C(N)=O)c3c2CCN3)c1. The summed E-state index contributed by atoms with van der Waals surface area (Å²) in [7, 11) is 0. The molecule has 5 heteroatoms. The molecule has 1 amide bonds. The number of anilines is 1. The molecule has 0 bridgehead atoms. The smallest absolute Gasteiger partial charge is 0.341 e. The number of nitrogens with one attached hydrogen (secondary N) is 1.